The fraction of sp³-hybridized carbons (Fsp3) is 0.538. The van der Waals surface area contributed by atoms with Crippen LogP contribution in [0.1, 0.15) is 24.5 Å². The molecule has 0 heterocycles. The Hall–Kier alpha value is -0.910. The Bertz CT molecular complexity index is 512. The van der Waals surface area contributed by atoms with Gasteiger partial charge in [0.25, 0.3) is 0 Å². The van der Waals surface area contributed by atoms with Gasteiger partial charge < -0.3 is 5.73 Å². The third kappa shape index (κ3) is 3.10. The number of hydrogen-bond donors (Lipinski definition) is 1. The molecule has 0 saturated heterocycles. The lowest BCUT2D eigenvalue weighted by Gasteiger charge is -2.24. The van der Waals surface area contributed by atoms with Gasteiger partial charge in [0.15, 0.2) is 0 Å². The van der Waals surface area contributed by atoms with Gasteiger partial charge in [0, 0.05) is 13.1 Å². The van der Waals surface area contributed by atoms with E-state index in [4.69, 9.17) is 5.73 Å². The van der Waals surface area contributed by atoms with Crippen molar-refractivity contribution in [3.63, 3.8) is 0 Å². The first-order chi connectivity index (χ1) is 8.30. The molecule has 2 N–H and O–H groups in total. The molecule has 0 saturated carbocycles. The van der Waals surface area contributed by atoms with E-state index in [0.29, 0.717) is 17.9 Å². The van der Waals surface area contributed by atoms with Crippen molar-refractivity contribution in [3.05, 3.63) is 29.3 Å². The summed E-state index contributed by atoms with van der Waals surface area (Å²) in [5.41, 5.74) is 7.54. The molecule has 4 nitrogen and oxygen atoms in total. The van der Waals surface area contributed by atoms with Crippen molar-refractivity contribution in [1.82, 2.24) is 4.31 Å². The van der Waals surface area contributed by atoms with Gasteiger partial charge in [0.1, 0.15) is 0 Å². The van der Waals surface area contributed by atoms with Crippen LogP contribution in [0.5, 0.6) is 0 Å². The Balaban J connectivity index is 3.09. The first kappa shape index (κ1) is 15.1. The summed E-state index contributed by atoms with van der Waals surface area (Å²) < 4.78 is 26.2. The Morgan fingerprint density at radius 2 is 1.89 bits per heavy atom. The molecule has 0 fully saturated rings. The molecule has 0 aromatic heterocycles. The van der Waals surface area contributed by atoms with Gasteiger partial charge in [-0.3, -0.25) is 0 Å². The Labute approximate surface area is 110 Å². The summed E-state index contributed by atoms with van der Waals surface area (Å²) in [7, 11) is -1.82. The predicted octanol–water partition coefficient (Wildman–Crippen LogP) is 1.66. The molecular formula is C13H22N2O2S. The Kier molecular flexibility index (Phi) is 4.90. The average Bonchev–Trinajstić information content (AvgIpc) is 2.31. The largest absolute Gasteiger partial charge is 0.330 e. The van der Waals surface area contributed by atoms with Crippen molar-refractivity contribution in [1.29, 1.82) is 0 Å². The molecule has 0 aliphatic heterocycles. The second-order valence-electron chi connectivity index (χ2n) is 4.69. The standard InChI is InChI=1S/C13H22N2O2S/c1-10-5-6-13(9-11(10)2)18(16,17)15(4)12(3)7-8-14/h5-6,9,12H,7-8,14H2,1-4H3. The van der Waals surface area contributed by atoms with Crippen LogP contribution < -0.4 is 5.73 Å². The highest BCUT2D eigenvalue weighted by Gasteiger charge is 2.24. The van der Waals surface area contributed by atoms with E-state index in [1.807, 2.05) is 26.8 Å². The number of hydrogen-bond acceptors (Lipinski definition) is 3. The molecule has 18 heavy (non-hydrogen) atoms. The maximum atomic E-state index is 12.4. The first-order valence-electron chi connectivity index (χ1n) is 6.06. The molecule has 0 aliphatic rings. The van der Waals surface area contributed by atoms with Crippen molar-refractivity contribution in [2.75, 3.05) is 13.6 Å². The van der Waals surface area contributed by atoms with Crippen LogP contribution in [-0.4, -0.2) is 32.4 Å². The minimum absolute atomic E-state index is 0.0957. The number of sulfonamides is 1. The molecule has 0 spiro atoms. The van der Waals surface area contributed by atoms with Crippen LogP contribution in [0.2, 0.25) is 0 Å². The van der Waals surface area contributed by atoms with Gasteiger partial charge in [-0.25, -0.2) is 8.42 Å². The Morgan fingerprint density at radius 1 is 1.28 bits per heavy atom. The summed E-state index contributed by atoms with van der Waals surface area (Å²) in [6.07, 6.45) is 0.653. The zero-order valence-corrected chi connectivity index (χ0v) is 12.3. The molecule has 1 rings (SSSR count). The van der Waals surface area contributed by atoms with E-state index in [1.165, 1.54) is 4.31 Å². The van der Waals surface area contributed by atoms with Crippen molar-refractivity contribution >= 4 is 10.0 Å². The van der Waals surface area contributed by atoms with E-state index in [2.05, 4.69) is 0 Å². The zero-order valence-electron chi connectivity index (χ0n) is 11.5. The van der Waals surface area contributed by atoms with Gasteiger partial charge in [0.2, 0.25) is 10.0 Å². The molecule has 102 valence electrons. The molecule has 0 aliphatic carbocycles. The highest BCUT2D eigenvalue weighted by Crippen LogP contribution is 2.20. The minimum Gasteiger partial charge on any atom is -0.330 e. The van der Waals surface area contributed by atoms with E-state index in [9.17, 15) is 8.42 Å². The third-order valence-corrected chi connectivity index (χ3v) is 5.33. The van der Waals surface area contributed by atoms with Gasteiger partial charge in [-0.15, -0.1) is 0 Å². The van der Waals surface area contributed by atoms with E-state index < -0.39 is 10.0 Å². The van der Waals surface area contributed by atoms with Crippen molar-refractivity contribution < 1.29 is 8.42 Å². The summed E-state index contributed by atoms with van der Waals surface area (Å²) in [5, 5.41) is 0. The molecule has 5 heteroatoms. The van der Waals surface area contributed by atoms with E-state index >= 15 is 0 Å². The number of rotatable bonds is 5. The van der Waals surface area contributed by atoms with Crippen LogP contribution in [0.3, 0.4) is 0 Å². The zero-order chi connectivity index (χ0) is 13.9. The van der Waals surface area contributed by atoms with Crippen LogP contribution >= 0.6 is 0 Å². The van der Waals surface area contributed by atoms with E-state index in [0.717, 1.165) is 11.1 Å². The third-order valence-electron chi connectivity index (χ3n) is 3.36. The average molecular weight is 270 g/mol. The highest BCUT2D eigenvalue weighted by molar-refractivity contribution is 7.89. The first-order valence-corrected chi connectivity index (χ1v) is 7.50. The predicted molar refractivity (Wildman–Crippen MR) is 74.0 cm³/mol. The molecule has 1 aromatic carbocycles. The maximum absolute atomic E-state index is 12.4. The highest BCUT2D eigenvalue weighted by atomic mass is 32.2. The van der Waals surface area contributed by atoms with Crippen molar-refractivity contribution in [2.24, 2.45) is 5.73 Å². The van der Waals surface area contributed by atoms with Crippen LogP contribution in [0.15, 0.2) is 23.1 Å². The van der Waals surface area contributed by atoms with Gasteiger partial charge in [0.05, 0.1) is 4.90 Å². The summed E-state index contributed by atoms with van der Waals surface area (Å²) in [4.78, 5) is 0.344. The summed E-state index contributed by atoms with van der Waals surface area (Å²) >= 11 is 0. The van der Waals surface area contributed by atoms with Gasteiger partial charge >= 0.3 is 0 Å². The molecule has 0 bridgehead atoms. The van der Waals surface area contributed by atoms with Crippen molar-refractivity contribution in [3.8, 4) is 0 Å². The molecule has 0 radical (unpaired) electrons. The topological polar surface area (TPSA) is 63.4 Å². The van der Waals surface area contributed by atoms with Gasteiger partial charge in [-0.05, 0) is 57.0 Å². The molecule has 0 amide bonds. The summed E-state index contributed by atoms with van der Waals surface area (Å²) in [6, 6.07) is 5.12. The second-order valence-corrected chi connectivity index (χ2v) is 6.69. The van der Waals surface area contributed by atoms with Crippen LogP contribution in [0, 0.1) is 13.8 Å². The van der Waals surface area contributed by atoms with E-state index in [-0.39, 0.29) is 6.04 Å². The smallest absolute Gasteiger partial charge is 0.243 e. The quantitative estimate of drug-likeness (QED) is 0.885. The minimum atomic E-state index is -3.42. The molecular weight excluding hydrogens is 248 g/mol. The lowest BCUT2D eigenvalue weighted by Crippen LogP contribution is -2.36. The lowest BCUT2D eigenvalue weighted by molar-refractivity contribution is 0.374. The number of benzene rings is 1. The van der Waals surface area contributed by atoms with Crippen molar-refractivity contribution in [2.45, 2.75) is 38.1 Å². The maximum Gasteiger partial charge on any atom is 0.243 e. The molecule has 1 aromatic rings. The van der Waals surface area contributed by atoms with Gasteiger partial charge in [-0.2, -0.15) is 4.31 Å². The SMILES string of the molecule is Cc1ccc(S(=O)(=O)N(C)C(C)CCN)cc1C. The number of aryl methyl sites for hydroxylation is 2. The van der Waals surface area contributed by atoms with Crippen LogP contribution in [0.25, 0.3) is 0 Å². The fourth-order valence-corrected chi connectivity index (χ4v) is 3.18. The van der Waals surface area contributed by atoms with Gasteiger partial charge in [-0.1, -0.05) is 6.07 Å². The Morgan fingerprint density at radius 3 is 2.39 bits per heavy atom. The summed E-state index contributed by atoms with van der Waals surface area (Å²) in [5.74, 6) is 0. The second kappa shape index (κ2) is 5.82. The fourth-order valence-electron chi connectivity index (χ4n) is 1.70. The van der Waals surface area contributed by atoms with Crippen LogP contribution in [0.4, 0.5) is 0 Å². The summed E-state index contributed by atoms with van der Waals surface area (Å²) in [6.45, 7) is 6.23. The van der Waals surface area contributed by atoms with E-state index in [1.54, 1.807) is 19.2 Å². The molecule has 1 unspecified atom stereocenters. The number of nitrogens with zero attached hydrogens (tertiary/aromatic N) is 1. The lowest BCUT2D eigenvalue weighted by atomic mass is 10.1. The normalized spacial score (nSPS) is 13.9. The monoisotopic (exact) mass is 270 g/mol. The van der Waals surface area contributed by atoms with Crippen LogP contribution in [-0.2, 0) is 10.0 Å². The molecule has 1 atom stereocenters. The number of nitrogens with two attached hydrogens (primary N) is 1.